The van der Waals surface area contributed by atoms with Crippen molar-refractivity contribution in [3.63, 3.8) is 0 Å². The van der Waals surface area contributed by atoms with Crippen LogP contribution >= 0.6 is 0 Å². The summed E-state index contributed by atoms with van der Waals surface area (Å²) in [7, 11) is 0. The van der Waals surface area contributed by atoms with E-state index in [-0.39, 0.29) is 5.69 Å². The Morgan fingerprint density at radius 2 is 2.33 bits per heavy atom. The van der Waals surface area contributed by atoms with Gasteiger partial charge in [-0.05, 0) is 0 Å². The molecule has 1 aliphatic heterocycles. The molecule has 0 amide bonds. The molecule has 2 rings (SSSR count). The summed E-state index contributed by atoms with van der Waals surface area (Å²) in [6.45, 7) is 3.70. The first-order valence-corrected chi connectivity index (χ1v) is 4.83. The number of morpholine rings is 1. The van der Waals surface area contributed by atoms with E-state index in [0.717, 1.165) is 18.7 Å². The molecule has 0 aliphatic carbocycles. The molecule has 1 fully saturated rings. The van der Waals surface area contributed by atoms with Gasteiger partial charge in [-0.15, -0.1) is 0 Å². The van der Waals surface area contributed by atoms with Crippen LogP contribution < -0.4 is 0 Å². The zero-order valence-corrected chi connectivity index (χ0v) is 8.27. The Morgan fingerprint density at radius 3 is 3.00 bits per heavy atom. The van der Waals surface area contributed by atoms with Gasteiger partial charge in [-0.1, -0.05) is 0 Å². The largest absolute Gasteiger partial charge is 0.477 e. The molecule has 0 atom stereocenters. The van der Waals surface area contributed by atoms with Crippen molar-refractivity contribution in [1.82, 2.24) is 15.1 Å². The predicted octanol–water partition coefficient (Wildman–Crippen LogP) is -0.0599. The summed E-state index contributed by atoms with van der Waals surface area (Å²) in [4.78, 5) is 13.0. The molecule has 1 aromatic rings. The van der Waals surface area contributed by atoms with Gasteiger partial charge >= 0.3 is 5.97 Å². The lowest BCUT2D eigenvalue weighted by Crippen LogP contribution is -2.35. The number of aromatic carboxylic acids is 1. The number of ether oxygens (including phenoxy) is 1. The van der Waals surface area contributed by atoms with E-state index in [4.69, 9.17) is 9.84 Å². The van der Waals surface area contributed by atoms with Gasteiger partial charge in [0, 0.05) is 25.2 Å². The molecular formula is C9H13N3O3. The van der Waals surface area contributed by atoms with Crippen LogP contribution in [0, 0.1) is 0 Å². The molecule has 6 nitrogen and oxygen atoms in total. The van der Waals surface area contributed by atoms with Gasteiger partial charge in [0.15, 0.2) is 0 Å². The minimum absolute atomic E-state index is 0.182. The van der Waals surface area contributed by atoms with E-state index >= 15 is 0 Å². The topological polar surface area (TPSA) is 78.4 Å². The fourth-order valence-corrected chi connectivity index (χ4v) is 1.62. The fourth-order valence-electron chi connectivity index (χ4n) is 1.62. The quantitative estimate of drug-likeness (QED) is 0.732. The molecular weight excluding hydrogens is 198 g/mol. The standard InChI is InChI=1S/C9H13N3O3/c13-9(14)8-7(5-10-11-8)6-12-1-3-15-4-2-12/h5H,1-4,6H2,(H,10,11)(H,13,14). The van der Waals surface area contributed by atoms with Crippen molar-refractivity contribution in [2.45, 2.75) is 6.54 Å². The maximum Gasteiger partial charge on any atom is 0.354 e. The van der Waals surface area contributed by atoms with Crippen molar-refractivity contribution >= 4 is 5.97 Å². The summed E-state index contributed by atoms with van der Waals surface area (Å²) in [6, 6.07) is 0. The summed E-state index contributed by atoms with van der Waals surface area (Å²) in [6.07, 6.45) is 1.57. The monoisotopic (exact) mass is 211 g/mol. The van der Waals surface area contributed by atoms with Crippen LogP contribution in [-0.2, 0) is 11.3 Å². The van der Waals surface area contributed by atoms with Gasteiger partial charge in [0.1, 0.15) is 5.69 Å². The lowest BCUT2D eigenvalue weighted by molar-refractivity contribution is 0.0339. The normalized spacial score (nSPS) is 17.9. The number of hydrogen-bond donors (Lipinski definition) is 2. The van der Waals surface area contributed by atoms with Crippen molar-refractivity contribution in [3.8, 4) is 0 Å². The fraction of sp³-hybridized carbons (Fsp3) is 0.556. The number of rotatable bonds is 3. The highest BCUT2D eigenvalue weighted by molar-refractivity contribution is 5.86. The van der Waals surface area contributed by atoms with Crippen molar-refractivity contribution in [3.05, 3.63) is 17.5 Å². The number of H-pyrrole nitrogens is 1. The summed E-state index contributed by atoms with van der Waals surface area (Å²) in [5.74, 6) is -0.962. The van der Waals surface area contributed by atoms with E-state index in [1.807, 2.05) is 0 Å². The van der Waals surface area contributed by atoms with E-state index in [0.29, 0.717) is 19.8 Å². The summed E-state index contributed by atoms with van der Waals surface area (Å²) >= 11 is 0. The Balaban J connectivity index is 2.03. The highest BCUT2D eigenvalue weighted by Crippen LogP contribution is 2.09. The Morgan fingerprint density at radius 1 is 1.60 bits per heavy atom. The van der Waals surface area contributed by atoms with Crippen LogP contribution in [-0.4, -0.2) is 52.5 Å². The number of carbonyl (C=O) groups is 1. The van der Waals surface area contributed by atoms with Crippen LogP contribution in [0.5, 0.6) is 0 Å². The first kappa shape index (κ1) is 10.1. The maximum atomic E-state index is 10.8. The zero-order chi connectivity index (χ0) is 10.7. The van der Waals surface area contributed by atoms with Gasteiger partial charge in [0.05, 0.1) is 19.4 Å². The summed E-state index contributed by atoms with van der Waals surface area (Å²) < 4.78 is 5.22. The molecule has 0 spiro atoms. The van der Waals surface area contributed by atoms with E-state index in [1.54, 1.807) is 6.20 Å². The first-order chi connectivity index (χ1) is 7.27. The second-order valence-corrected chi connectivity index (χ2v) is 3.46. The van der Waals surface area contributed by atoms with Gasteiger partial charge in [-0.3, -0.25) is 10.00 Å². The van der Waals surface area contributed by atoms with Gasteiger partial charge in [0.25, 0.3) is 0 Å². The van der Waals surface area contributed by atoms with Crippen molar-refractivity contribution in [2.24, 2.45) is 0 Å². The second-order valence-electron chi connectivity index (χ2n) is 3.46. The number of carboxylic acids is 1. The van der Waals surface area contributed by atoms with Gasteiger partial charge in [-0.2, -0.15) is 5.10 Å². The zero-order valence-electron chi connectivity index (χ0n) is 8.27. The van der Waals surface area contributed by atoms with Crippen molar-refractivity contribution in [1.29, 1.82) is 0 Å². The van der Waals surface area contributed by atoms with Gasteiger partial charge < -0.3 is 9.84 Å². The Labute approximate surface area is 86.8 Å². The molecule has 2 heterocycles. The van der Waals surface area contributed by atoms with E-state index < -0.39 is 5.97 Å². The SMILES string of the molecule is O=C(O)c1[nH]ncc1CN1CCOCC1. The average molecular weight is 211 g/mol. The van der Waals surface area contributed by atoms with Crippen LogP contribution in [0.15, 0.2) is 6.20 Å². The molecule has 2 N–H and O–H groups in total. The number of carboxylic acid groups (broad SMARTS) is 1. The molecule has 0 saturated carbocycles. The molecule has 0 radical (unpaired) electrons. The number of aromatic amines is 1. The number of aromatic nitrogens is 2. The van der Waals surface area contributed by atoms with Crippen LogP contribution in [0.2, 0.25) is 0 Å². The molecule has 0 aromatic carbocycles. The molecule has 6 heteroatoms. The number of hydrogen-bond acceptors (Lipinski definition) is 4. The number of nitrogens with zero attached hydrogens (tertiary/aromatic N) is 2. The summed E-state index contributed by atoms with van der Waals surface area (Å²) in [5, 5.41) is 15.1. The Hall–Kier alpha value is -1.40. The highest BCUT2D eigenvalue weighted by Gasteiger charge is 2.17. The van der Waals surface area contributed by atoms with E-state index in [1.165, 1.54) is 0 Å². The average Bonchev–Trinajstić information content (AvgIpc) is 2.67. The molecule has 1 aromatic heterocycles. The molecule has 0 unspecified atom stereocenters. The third-order valence-electron chi connectivity index (χ3n) is 2.43. The van der Waals surface area contributed by atoms with Crippen LogP contribution in [0.1, 0.15) is 16.1 Å². The minimum Gasteiger partial charge on any atom is -0.477 e. The minimum atomic E-state index is -0.962. The Bertz CT molecular complexity index is 344. The molecule has 1 aliphatic rings. The number of nitrogens with one attached hydrogen (secondary N) is 1. The smallest absolute Gasteiger partial charge is 0.354 e. The summed E-state index contributed by atoms with van der Waals surface area (Å²) in [5.41, 5.74) is 0.908. The Kier molecular flexibility index (Phi) is 2.98. The molecule has 1 saturated heterocycles. The lowest BCUT2D eigenvalue weighted by Gasteiger charge is -2.26. The first-order valence-electron chi connectivity index (χ1n) is 4.83. The van der Waals surface area contributed by atoms with E-state index in [2.05, 4.69) is 15.1 Å². The second kappa shape index (κ2) is 4.41. The van der Waals surface area contributed by atoms with Crippen LogP contribution in [0.4, 0.5) is 0 Å². The highest BCUT2D eigenvalue weighted by atomic mass is 16.5. The van der Waals surface area contributed by atoms with Crippen molar-refractivity contribution in [2.75, 3.05) is 26.3 Å². The lowest BCUT2D eigenvalue weighted by atomic mass is 10.2. The predicted molar refractivity (Wildman–Crippen MR) is 51.6 cm³/mol. The third kappa shape index (κ3) is 2.34. The van der Waals surface area contributed by atoms with Gasteiger partial charge in [-0.25, -0.2) is 4.79 Å². The van der Waals surface area contributed by atoms with Crippen LogP contribution in [0.25, 0.3) is 0 Å². The maximum absolute atomic E-state index is 10.8. The van der Waals surface area contributed by atoms with E-state index in [9.17, 15) is 4.79 Å². The molecule has 0 bridgehead atoms. The molecule has 82 valence electrons. The third-order valence-corrected chi connectivity index (χ3v) is 2.43. The van der Waals surface area contributed by atoms with Crippen LogP contribution in [0.3, 0.4) is 0 Å². The van der Waals surface area contributed by atoms with Gasteiger partial charge in [0.2, 0.25) is 0 Å². The van der Waals surface area contributed by atoms with Crippen molar-refractivity contribution < 1.29 is 14.6 Å². The molecule has 15 heavy (non-hydrogen) atoms.